The van der Waals surface area contributed by atoms with Gasteiger partial charge in [0.2, 0.25) is 0 Å². The summed E-state index contributed by atoms with van der Waals surface area (Å²) in [6.07, 6.45) is 2.79. The van der Waals surface area contributed by atoms with Crippen molar-refractivity contribution < 1.29 is 4.74 Å². The summed E-state index contributed by atoms with van der Waals surface area (Å²) < 4.78 is 5.04. The van der Waals surface area contributed by atoms with Gasteiger partial charge in [-0.15, -0.1) is 0 Å². The number of guanidine groups is 1. The number of hydrogen-bond donors (Lipinski definition) is 3. The molecule has 124 valence electrons. The molecule has 0 radical (unpaired) electrons. The van der Waals surface area contributed by atoms with Crippen molar-refractivity contribution in [1.29, 1.82) is 0 Å². The lowest BCUT2D eigenvalue weighted by Crippen LogP contribution is -2.38. The van der Waals surface area contributed by atoms with Gasteiger partial charge in [-0.1, -0.05) is 30.3 Å². The molecule has 0 aliphatic heterocycles. The van der Waals surface area contributed by atoms with Crippen LogP contribution in [0.5, 0.6) is 0 Å². The summed E-state index contributed by atoms with van der Waals surface area (Å²) in [6, 6.07) is 10.1. The maximum absolute atomic E-state index is 5.04. The third kappa shape index (κ3) is 5.75. The molecule has 1 aromatic heterocycles. The minimum absolute atomic E-state index is 0.506. The van der Waals surface area contributed by atoms with E-state index in [-0.39, 0.29) is 0 Å². The van der Waals surface area contributed by atoms with Crippen LogP contribution in [0.4, 0.5) is 0 Å². The van der Waals surface area contributed by atoms with Crippen LogP contribution in [0.3, 0.4) is 0 Å². The highest BCUT2D eigenvalue weighted by molar-refractivity contribution is 5.79. The van der Waals surface area contributed by atoms with Crippen LogP contribution < -0.4 is 10.6 Å². The second-order valence-electron chi connectivity index (χ2n) is 5.08. The average Bonchev–Trinajstić information content (AvgIpc) is 3.06. The summed E-state index contributed by atoms with van der Waals surface area (Å²) in [4.78, 5) is 12.3. The van der Waals surface area contributed by atoms with Crippen molar-refractivity contribution in [1.82, 2.24) is 20.6 Å². The Morgan fingerprint density at radius 2 is 2.09 bits per heavy atom. The number of aromatic amines is 1. The van der Waals surface area contributed by atoms with Crippen molar-refractivity contribution in [3.05, 3.63) is 42.4 Å². The maximum Gasteiger partial charge on any atom is 0.191 e. The van der Waals surface area contributed by atoms with Gasteiger partial charge in [-0.2, -0.15) is 0 Å². The van der Waals surface area contributed by atoms with E-state index in [1.807, 2.05) is 31.3 Å². The van der Waals surface area contributed by atoms with Crippen LogP contribution in [0.15, 0.2) is 41.5 Å². The number of ether oxygens (including phenoxy) is 1. The van der Waals surface area contributed by atoms with Gasteiger partial charge in [0.1, 0.15) is 12.4 Å². The number of methoxy groups -OCH3 is 1. The van der Waals surface area contributed by atoms with Crippen LogP contribution in [-0.2, 0) is 11.3 Å². The van der Waals surface area contributed by atoms with Gasteiger partial charge < -0.3 is 20.4 Å². The third-order valence-electron chi connectivity index (χ3n) is 3.26. The zero-order valence-electron chi connectivity index (χ0n) is 13.8. The number of nitrogens with zero attached hydrogens (tertiary/aromatic N) is 2. The van der Waals surface area contributed by atoms with E-state index in [4.69, 9.17) is 4.74 Å². The van der Waals surface area contributed by atoms with E-state index in [1.54, 1.807) is 7.11 Å². The Bertz CT molecular complexity index is 594. The first kappa shape index (κ1) is 17.0. The van der Waals surface area contributed by atoms with Crippen molar-refractivity contribution in [2.24, 2.45) is 4.99 Å². The molecule has 0 fully saturated rings. The van der Waals surface area contributed by atoms with Crippen LogP contribution in [0.1, 0.15) is 19.2 Å². The zero-order valence-corrected chi connectivity index (χ0v) is 13.8. The van der Waals surface area contributed by atoms with E-state index in [0.29, 0.717) is 6.54 Å². The van der Waals surface area contributed by atoms with Gasteiger partial charge in [-0.3, -0.25) is 0 Å². The molecule has 6 nitrogen and oxygen atoms in total. The molecule has 0 spiro atoms. The molecule has 0 aliphatic carbocycles. The lowest BCUT2D eigenvalue weighted by molar-refractivity contribution is 0.195. The minimum atomic E-state index is 0.506. The molecular formula is C17H25N5O. The molecule has 0 saturated carbocycles. The predicted molar refractivity (Wildman–Crippen MR) is 93.3 cm³/mol. The number of benzene rings is 1. The number of imidazole rings is 1. The Morgan fingerprint density at radius 3 is 2.83 bits per heavy atom. The fraction of sp³-hybridized carbons (Fsp3) is 0.412. The van der Waals surface area contributed by atoms with Crippen molar-refractivity contribution in [2.45, 2.75) is 19.9 Å². The lowest BCUT2D eigenvalue weighted by atomic mass is 10.2. The Morgan fingerprint density at radius 1 is 1.26 bits per heavy atom. The first-order valence-electron chi connectivity index (χ1n) is 7.94. The van der Waals surface area contributed by atoms with Gasteiger partial charge in [0.25, 0.3) is 0 Å². The Balaban J connectivity index is 1.92. The SMILES string of the molecule is CCNC(=NCc1ncc(-c2ccccc2)[nH]1)NCCCOC. The maximum atomic E-state index is 5.04. The molecule has 23 heavy (non-hydrogen) atoms. The molecule has 2 aromatic rings. The van der Waals surface area contributed by atoms with Crippen LogP contribution >= 0.6 is 0 Å². The molecule has 3 N–H and O–H groups in total. The normalized spacial score (nSPS) is 11.5. The van der Waals surface area contributed by atoms with Gasteiger partial charge >= 0.3 is 0 Å². The van der Waals surface area contributed by atoms with Gasteiger partial charge in [-0.25, -0.2) is 9.98 Å². The Kier molecular flexibility index (Phi) is 7.13. The van der Waals surface area contributed by atoms with E-state index in [1.165, 1.54) is 0 Å². The molecule has 0 aliphatic rings. The third-order valence-corrected chi connectivity index (χ3v) is 3.26. The van der Waals surface area contributed by atoms with Gasteiger partial charge in [0, 0.05) is 26.8 Å². The molecule has 6 heteroatoms. The largest absolute Gasteiger partial charge is 0.385 e. The quantitative estimate of drug-likeness (QED) is 0.396. The first-order valence-corrected chi connectivity index (χ1v) is 7.94. The second kappa shape index (κ2) is 9.63. The standard InChI is InChI=1S/C17H25N5O/c1-3-18-17(19-10-7-11-23-2)21-13-16-20-12-15(22-16)14-8-5-4-6-9-14/h4-6,8-9,12H,3,7,10-11,13H2,1-2H3,(H,20,22)(H2,18,19,21). The Hall–Kier alpha value is -2.34. The number of hydrogen-bond acceptors (Lipinski definition) is 3. The van der Waals surface area contributed by atoms with Crippen molar-refractivity contribution in [3.8, 4) is 11.3 Å². The molecule has 0 amide bonds. The van der Waals surface area contributed by atoms with Crippen molar-refractivity contribution in [3.63, 3.8) is 0 Å². The van der Waals surface area contributed by atoms with E-state index in [0.717, 1.165) is 49.2 Å². The molecule has 1 aromatic carbocycles. The zero-order chi connectivity index (χ0) is 16.3. The fourth-order valence-electron chi connectivity index (χ4n) is 2.13. The average molecular weight is 315 g/mol. The number of aromatic nitrogens is 2. The summed E-state index contributed by atoms with van der Waals surface area (Å²) in [7, 11) is 1.71. The minimum Gasteiger partial charge on any atom is -0.385 e. The molecule has 1 heterocycles. The van der Waals surface area contributed by atoms with Gasteiger partial charge in [0.05, 0.1) is 11.9 Å². The summed E-state index contributed by atoms with van der Waals surface area (Å²) in [6.45, 7) is 4.95. The molecule has 0 unspecified atom stereocenters. The first-order chi connectivity index (χ1) is 11.3. The van der Waals surface area contributed by atoms with E-state index < -0.39 is 0 Å². The van der Waals surface area contributed by atoms with Crippen LogP contribution in [0, 0.1) is 0 Å². The number of aliphatic imine (C=N–C) groups is 1. The fourth-order valence-corrected chi connectivity index (χ4v) is 2.13. The summed E-state index contributed by atoms with van der Waals surface area (Å²) >= 11 is 0. The molecule has 0 bridgehead atoms. The topological polar surface area (TPSA) is 74.3 Å². The summed E-state index contributed by atoms with van der Waals surface area (Å²) in [5, 5.41) is 6.51. The Labute approximate surface area is 137 Å². The predicted octanol–water partition coefficient (Wildman–Crippen LogP) is 2.17. The van der Waals surface area contributed by atoms with Gasteiger partial charge in [0.15, 0.2) is 5.96 Å². The lowest BCUT2D eigenvalue weighted by Gasteiger charge is -2.10. The summed E-state index contributed by atoms with van der Waals surface area (Å²) in [5.74, 6) is 1.64. The number of nitrogens with one attached hydrogen (secondary N) is 3. The number of H-pyrrole nitrogens is 1. The molecular weight excluding hydrogens is 290 g/mol. The number of rotatable bonds is 8. The highest BCUT2D eigenvalue weighted by Crippen LogP contribution is 2.16. The van der Waals surface area contributed by atoms with E-state index in [9.17, 15) is 0 Å². The molecule has 2 rings (SSSR count). The monoisotopic (exact) mass is 315 g/mol. The second-order valence-corrected chi connectivity index (χ2v) is 5.08. The van der Waals surface area contributed by atoms with Crippen LogP contribution in [-0.4, -0.2) is 42.7 Å². The molecule has 0 saturated heterocycles. The highest BCUT2D eigenvalue weighted by Gasteiger charge is 2.03. The highest BCUT2D eigenvalue weighted by atomic mass is 16.5. The van der Waals surface area contributed by atoms with Crippen molar-refractivity contribution in [2.75, 3.05) is 26.8 Å². The van der Waals surface area contributed by atoms with Crippen LogP contribution in [0.2, 0.25) is 0 Å². The van der Waals surface area contributed by atoms with E-state index in [2.05, 4.69) is 37.7 Å². The molecule has 0 atom stereocenters. The van der Waals surface area contributed by atoms with E-state index >= 15 is 0 Å². The van der Waals surface area contributed by atoms with Gasteiger partial charge in [-0.05, 0) is 18.9 Å². The van der Waals surface area contributed by atoms with Crippen LogP contribution in [0.25, 0.3) is 11.3 Å². The smallest absolute Gasteiger partial charge is 0.191 e. The summed E-state index contributed by atoms with van der Waals surface area (Å²) in [5.41, 5.74) is 2.13. The van der Waals surface area contributed by atoms with Crippen molar-refractivity contribution >= 4 is 5.96 Å².